The Hall–Kier alpha value is -2.35. The molecule has 29 heavy (non-hydrogen) atoms. The van der Waals surface area contributed by atoms with Gasteiger partial charge in [-0.1, -0.05) is 15.3 Å². The highest BCUT2D eigenvalue weighted by Crippen LogP contribution is 2.30. The molecule has 16 nitrogen and oxygen atoms in total. The van der Waals surface area contributed by atoms with Gasteiger partial charge in [-0.2, -0.15) is 0 Å². The van der Waals surface area contributed by atoms with Crippen molar-refractivity contribution in [2.24, 2.45) is 15.3 Å². The van der Waals surface area contributed by atoms with E-state index in [2.05, 4.69) is 30.1 Å². The van der Waals surface area contributed by atoms with E-state index in [0.717, 1.165) is 0 Å². The summed E-state index contributed by atoms with van der Waals surface area (Å²) in [6.07, 6.45) is -8.84. The molecule has 1 rings (SSSR count). The third-order valence-electron chi connectivity index (χ3n) is 4.36. The summed E-state index contributed by atoms with van der Waals surface area (Å²) in [7, 11) is 0. The Morgan fingerprint density at radius 2 is 1.62 bits per heavy atom. The smallest absolute Gasteiger partial charge is 0.169 e. The van der Waals surface area contributed by atoms with Crippen LogP contribution in [-0.4, -0.2) is 93.7 Å². The van der Waals surface area contributed by atoms with Crippen molar-refractivity contribution in [2.75, 3.05) is 13.2 Å². The summed E-state index contributed by atoms with van der Waals surface area (Å²) in [5.41, 5.74) is 26.0. The van der Waals surface area contributed by atoms with Crippen LogP contribution in [0.25, 0.3) is 31.3 Å². The SMILES string of the molecule is C[C@H](O)C(CO)O[C@H](O[C@@H]1C(N=[N+]=[N-])C[C@@H](N=[N+]=[N-])C(O)[C@H]1O)[C@@H](CO)N=[N+]=[N-]. The minimum Gasteiger partial charge on any atom is -0.396 e. The Labute approximate surface area is 164 Å². The predicted octanol–water partition coefficient (Wildman–Crippen LogP) is -0.390. The Balaban J connectivity index is 3.22. The molecule has 0 aromatic heterocycles. The molecule has 0 saturated heterocycles. The van der Waals surface area contributed by atoms with Gasteiger partial charge in [-0.05, 0) is 29.9 Å². The average Bonchev–Trinajstić information content (AvgIpc) is 2.69. The number of azide groups is 3. The normalized spacial score (nSPS) is 30.6. The Kier molecular flexibility index (Phi) is 10.4. The molecular formula is C13H23N9O7. The molecule has 0 amide bonds. The van der Waals surface area contributed by atoms with Crippen LogP contribution < -0.4 is 0 Å². The Morgan fingerprint density at radius 3 is 2.10 bits per heavy atom. The van der Waals surface area contributed by atoms with Crippen molar-refractivity contribution >= 4 is 0 Å². The van der Waals surface area contributed by atoms with Gasteiger partial charge >= 0.3 is 0 Å². The van der Waals surface area contributed by atoms with Crippen molar-refractivity contribution in [3.8, 4) is 0 Å². The van der Waals surface area contributed by atoms with Crippen molar-refractivity contribution in [3.63, 3.8) is 0 Å². The molecule has 16 heteroatoms. The maximum absolute atomic E-state index is 10.4. The first-order chi connectivity index (χ1) is 13.8. The lowest BCUT2D eigenvalue weighted by Crippen LogP contribution is -2.58. The van der Waals surface area contributed by atoms with Crippen LogP contribution in [0.1, 0.15) is 13.3 Å². The number of ether oxygens (including phenoxy) is 2. The van der Waals surface area contributed by atoms with Gasteiger partial charge in [-0.15, -0.1) is 0 Å². The van der Waals surface area contributed by atoms with E-state index in [-0.39, 0.29) is 6.42 Å². The molecule has 0 heterocycles. The lowest BCUT2D eigenvalue weighted by Gasteiger charge is -2.41. The third kappa shape index (κ3) is 6.59. The maximum atomic E-state index is 10.4. The van der Waals surface area contributed by atoms with Crippen molar-refractivity contribution in [3.05, 3.63) is 31.3 Å². The molecule has 3 unspecified atom stereocenters. The monoisotopic (exact) mass is 417 g/mol. The highest BCUT2D eigenvalue weighted by atomic mass is 16.7. The molecule has 0 aromatic carbocycles. The molecule has 5 N–H and O–H groups in total. The largest absolute Gasteiger partial charge is 0.396 e. The lowest BCUT2D eigenvalue weighted by molar-refractivity contribution is -0.255. The fourth-order valence-corrected chi connectivity index (χ4v) is 2.80. The summed E-state index contributed by atoms with van der Waals surface area (Å²) in [6, 6.07) is -3.58. The van der Waals surface area contributed by atoms with Crippen molar-refractivity contribution in [2.45, 2.75) is 68.3 Å². The average molecular weight is 417 g/mol. The van der Waals surface area contributed by atoms with E-state index in [1.807, 2.05) is 0 Å². The summed E-state index contributed by atoms with van der Waals surface area (Å²) in [6.45, 7) is -0.0992. The van der Waals surface area contributed by atoms with Crippen LogP contribution in [-0.2, 0) is 9.47 Å². The van der Waals surface area contributed by atoms with E-state index >= 15 is 0 Å². The summed E-state index contributed by atoms with van der Waals surface area (Å²) in [5, 5.41) is 59.2. The van der Waals surface area contributed by atoms with Crippen LogP contribution in [0.2, 0.25) is 0 Å². The molecule has 0 aromatic rings. The Morgan fingerprint density at radius 1 is 1.00 bits per heavy atom. The molecule has 1 aliphatic carbocycles. The van der Waals surface area contributed by atoms with E-state index in [9.17, 15) is 25.5 Å². The molecule has 162 valence electrons. The van der Waals surface area contributed by atoms with Crippen LogP contribution >= 0.6 is 0 Å². The fourth-order valence-electron chi connectivity index (χ4n) is 2.80. The van der Waals surface area contributed by atoms with Crippen LogP contribution in [0.3, 0.4) is 0 Å². The van der Waals surface area contributed by atoms with Gasteiger partial charge in [0, 0.05) is 14.7 Å². The van der Waals surface area contributed by atoms with Crippen LogP contribution in [0.4, 0.5) is 0 Å². The number of hydrogen-bond acceptors (Lipinski definition) is 10. The first kappa shape index (κ1) is 24.7. The topological polar surface area (TPSA) is 266 Å². The molecule has 0 spiro atoms. The first-order valence-corrected chi connectivity index (χ1v) is 8.53. The second-order valence-electron chi connectivity index (χ2n) is 6.28. The molecule has 0 radical (unpaired) electrons. The highest BCUT2D eigenvalue weighted by Gasteiger charge is 2.45. The van der Waals surface area contributed by atoms with Crippen molar-refractivity contribution in [1.29, 1.82) is 0 Å². The number of nitrogens with zero attached hydrogens (tertiary/aromatic N) is 9. The number of rotatable bonds is 11. The van der Waals surface area contributed by atoms with E-state index in [1.54, 1.807) is 0 Å². The van der Waals surface area contributed by atoms with E-state index < -0.39 is 68.1 Å². The van der Waals surface area contributed by atoms with Gasteiger partial charge in [0.2, 0.25) is 0 Å². The van der Waals surface area contributed by atoms with Gasteiger partial charge in [0.1, 0.15) is 18.2 Å². The van der Waals surface area contributed by atoms with Gasteiger partial charge in [-0.3, -0.25) is 0 Å². The van der Waals surface area contributed by atoms with E-state index in [4.69, 9.17) is 26.1 Å². The molecule has 0 bridgehead atoms. The number of aliphatic hydroxyl groups is 5. The zero-order valence-electron chi connectivity index (χ0n) is 15.4. The van der Waals surface area contributed by atoms with Crippen LogP contribution in [0.15, 0.2) is 15.3 Å². The first-order valence-electron chi connectivity index (χ1n) is 8.53. The quantitative estimate of drug-likeness (QED) is 0.128. The predicted molar refractivity (Wildman–Crippen MR) is 94.8 cm³/mol. The van der Waals surface area contributed by atoms with E-state index in [0.29, 0.717) is 0 Å². The van der Waals surface area contributed by atoms with Gasteiger partial charge in [0.15, 0.2) is 6.29 Å². The Bertz CT molecular complexity index is 663. The number of hydrogen-bond donors (Lipinski definition) is 5. The highest BCUT2D eigenvalue weighted by molar-refractivity contribution is 5.01. The number of aliphatic hydroxyl groups excluding tert-OH is 5. The minimum absolute atomic E-state index is 0.172. The third-order valence-corrected chi connectivity index (χ3v) is 4.36. The second kappa shape index (κ2) is 12.3. The lowest BCUT2D eigenvalue weighted by atomic mass is 9.84. The molecule has 1 saturated carbocycles. The molecule has 9 atom stereocenters. The van der Waals surface area contributed by atoms with Gasteiger partial charge in [0.05, 0.1) is 43.6 Å². The maximum Gasteiger partial charge on any atom is 0.169 e. The zero-order chi connectivity index (χ0) is 22.0. The second-order valence-corrected chi connectivity index (χ2v) is 6.28. The van der Waals surface area contributed by atoms with Crippen LogP contribution in [0, 0.1) is 0 Å². The van der Waals surface area contributed by atoms with Gasteiger partial charge in [0.25, 0.3) is 0 Å². The molecule has 1 fully saturated rings. The van der Waals surface area contributed by atoms with Crippen LogP contribution in [0.5, 0.6) is 0 Å². The van der Waals surface area contributed by atoms with Gasteiger partial charge < -0.3 is 35.0 Å². The standard InChI is InChI=1S/C13H23N9O7/c1-5(25)9(4-24)28-13(8(3-23)19-22-16)29-12-7(18-21-15)2-6(17-20-14)10(26)11(12)27/h5-13,23-27H,2-4H2,1H3/t5-,6+,7?,8+,9?,10?,11+,12+,13+/m0/s1. The molecule has 0 aliphatic heterocycles. The summed E-state index contributed by atoms with van der Waals surface area (Å²) in [5.74, 6) is 0. The summed E-state index contributed by atoms with van der Waals surface area (Å²) >= 11 is 0. The minimum atomic E-state index is -1.70. The van der Waals surface area contributed by atoms with Gasteiger partial charge in [-0.25, -0.2) is 0 Å². The van der Waals surface area contributed by atoms with Crippen molar-refractivity contribution in [1.82, 2.24) is 0 Å². The zero-order valence-corrected chi connectivity index (χ0v) is 15.4. The van der Waals surface area contributed by atoms with E-state index in [1.165, 1.54) is 6.92 Å². The molecular weight excluding hydrogens is 394 g/mol. The summed E-state index contributed by atoms with van der Waals surface area (Å²) in [4.78, 5) is 7.77. The summed E-state index contributed by atoms with van der Waals surface area (Å²) < 4.78 is 11.0. The van der Waals surface area contributed by atoms with Crippen molar-refractivity contribution < 1.29 is 35.0 Å². The fraction of sp³-hybridized carbons (Fsp3) is 1.00. The molecule has 1 aliphatic rings.